The van der Waals surface area contributed by atoms with Crippen molar-refractivity contribution in [1.29, 1.82) is 0 Å². The van der Waals surface area contributed by atoms with Crippen molar-refractivity contribution in [2.45, 2.75) is 19.3 Å². The highest BCUT2D eigenvalue weighted by Gasteiger charge is 2.14. The molecule has 19 heavy (non-hydrogen) atoms. The van der Waals surface area contributed by atoms with Crippen molar-refractivity contribution in [2.24, 2.45) is 0 Å². The number of hydrogen-bond acceptors (Lipinski definition) is 2. The molecule has 1 aromatic carbocycles. The first kappa shape index (κ1) is 12.2. The minimum absolute atomic E-state index is 0.226. The third kappa shape index (κ3) is 2.47. The number of pyridine rings is 1. The zero-order valence-electron chi connectivity index (χ0n) is 10.3. The Kier molecular flexibility index (Phi) is 3.22. The van der Waals surface area contributed by atoms with Gasteiger partial charge in [-0.25, -0.2) is 0 Å². The number of aromatic nitrogens is 1. The molecule has 1 aliphatic rings. The number of aryl methyl sites for hydroxylation is 2. The number of nitrogens with zero attached hydrogens (tertiary/aromatic N) is 1. The van der Waals surface area contributed by atoms with Crippen LogP contribution in [-0.2, 0) is 12.8 Å². The van der Waals surface area contributed by atoms with Gasteiger partial charge in [0.1, 0.15) is 0 Å². The van der Waals surface area contributed by atoms with E-state index < -0.39 is 0 Å². The fourth-order valence-corrected chi connectivity index (χ4v) is 2.58. The predicted molar refractivity (Wildman–Crippen MR) is 75.7 cm³/mol. The van der Waals surface area contributed by atoms with Gasteiger partial charge in [0.15, 0.2) is 0 Å². The van der Waals surface area contributed by atoms with E-state index in [-0.39, 0.29) is 5.91 Å². The Morgan fingerprint density at radius 1 is 1.21 bits per heavy atom. The smallest absolute Gasteiger partial charge is 0.258 e. The van der Waals surface area contributed by atoms with E-state index >= 15 is 0 Å². The van der Waals surface area contributed by atoms with E-state index in [0.717, 1.165) is 18.5 Å². The Morgan fingerprint density at radius 2 is 2.05 bits per heavy atom. The van der Waals surface area contributed by atoms with Gasteiger partial charge in [-0.15, -0.1) is 0 Å². The van der Waals surface area contributed by atoms with E-state index in [1.165, 1.54) is 23.7 Å². The second-order valence-electron chi connectivity index (χ2n) is 4.65. The van der Waals surface area contributed by atoms with Gasteiger partial charge in [0.05, 0.1) is 10.6 Å². The largest absolute Gasteiger partial charge is 0.322 e. The molecule has 0 spiro atoms. The molecule has 1 N–H and O–H groups in total. The second-order valence-corrected chi connectivity index (χ2v) is 5.05. The molecule has 0 radical (unpaired) electrons. The van der Waals surface area contributed by atoms with Crippen LogP contribution in [0.2, 0.25) is 5.02 Å². The summed E-state index contributed by atoms with van der Waals surface area (Å²) in [4.78, 5) is 16.0. The normalized spacial score (nSPS) is 13.1. The zero-order chi connectivity index (χ0) is 13.2. The number of hydrogen-bond donors (Lipinski definition) is 1. The third-order valence-electron chi connectivity index (χ3n) is 3.37. The van der Waals surface area contributed by atoms with Gasteiger partial charge in [-0.2, -0.15) is 0 Å². The molecule has 2 aromatic rings. The average molecular weight is 273 g/mol. The van der Waals surface area contributed by atoms with E-state index in [1.54, 1.807) is 12.3 Å². The lowest BCUT2D eigenvalue weighted by Crippen LogP contribution is -2.12. The number of benzene rings is 1. The third-order valence-corrected chi connectivity index (χ3v) is 3.70. The van der Waals surface area contributed by atoms with E-state index in [1.807, 2.05) is 12.1 Å². The maximum atomic E-state index is 12.1. The number of nitrogens with one attached hydrogen (secondary N) is 1. The maximum absolute atomic E-state index is 12.1. The minimum Gasteiger partial charge on any atom is -0.322 e. The lowest BCUT2D eigenvalue weighted by Gasteiger charge is -2.08. The van der Waals surface area contributed by atoms with Crippen molar-refractivity contribution in [2.75, 3.05) is 5.32 Å². The number of carbonyl (C=O) groups is 1. The Hall–Kier alpha value is -1.87. The lowest BCUT2D eigenvalue weighted by atomic mass is 10.1. The fraction of sp³-hybridized carbons (Fsp3) is 0.200. The van der Waals surface area contributed by atoms with E-state index in [2.05, 4.69) is 16.4 Å². The van der Waals surface area contributed by atoms with Gasteiger partial charge in [0.2, 0.25) is 0 Å². The quantitative estimate of drug-likeness (QED) is 0.909. The number of anilines is 1. The average Bonchev–Trinajstić information content (AvgIpc) is 2.86. The monoisotopic (exact) mass is 272 g/mol. The summed E-state index contributed by atoms with van der Waals surface area (Å²) in [5.74, 6) is -0.226. The first-order valence-electron chi connectivity index (χ1n) is 6.27. The van der Waals surface area contributed by atoms with Crippen LogP contribution in [-0.4, -0.2) is 10.9 Å². The minimum atomic E-state index is -0.226. The predicted octanol–water partition coefficient (Wildman–Crippen LogP) is 3.48. The van der Waals surface area contributed by atoms with Crippen LogP contribution < -0.4 is 5.32 Å². The molecule has 4 heteroatoms. The first-order valence-corrected chi connectivity index (χ1v) is 6.64. The van der Waals surface area contributed by atoms with Crippen LogP contribution in [0.15, 0.2) is 36.7 Å². The molecule has 0 saturated carbocycles. The molecule has 0 atom stereocenters. The molecule has 1 amide bonds. The highest BCUT2D eigenvalue weighted by atomic mass is 35.5. The second kappa shape index (κ2) is 5.02. The molecule has 96 valence electrons. The Morgan fingerprint density at radius 3 is 2.89 bits per heavy atom. The van der Waals surface area contributed by atoms with Crippen LogP contribution in [0.4, 0.5) is 5.69 Å². The van der Waals surface area contributed by atoms with Crippen molar-refractivity contribution >= 4 is 23.2 Å². The van der Waals surface area contributed by atoms with Crippen LogP contribution >= 0.6 is 11.6 Å². The molecular weight excluding hydrogens is 260 g/mol. The van der Waals surface area contributed by atoms with Crippen molar-refractivity contribution in [3.05, 3.63) is 58.4 Å². The summed E-state index contributed by atoms with van der Waals surface area (Å²) in [6.45, 7) is 0. The van der Waals surface area contributed by atoms with Gasteiger partial charge in [0.25, 0.3) is 5.91 Å². The summed E-state index contributed by atoms with van der Waals surface area (Å²) in [6, 6.07) is 7.68. The molecule has 0 unspecified atom stereocenters. The molecule has 3 rings (SSSR count). The van der Waals surface area contributed by atoms with Crippen molar-refractivity contribution in [3.63, 3.8) is 0 Å². The van der Waals surface area contributed by atoms with Crippen molar-refractivity contribution in [3.8, 4) is 0 Å². The van der Waals surface area contributed by atoms with Crippen LogP contribution in [0, 0.1) is 0 Å². The van der Waals surface area contributed by atoms with E-state index in [4.69, 9.17) is 11.6 Å². The summed E-state index contributed by atoms with van der Waals surface area (Å²) in [7, 11) is 0. The van der Waals surface area contributed by atoms with Crippen LogP contribution in [0.5, 0.6) is 0 Å². The SMILES string of the molecule is O=C(Nc1ccc2c(c1)CCC2)c1cnccc1Cl. The van der Waals surface area contributed by atoms with Gasteiger partial charge in [0, 0.05) is 18.1 Å². The van der Waals surface area contributed by atoms with Gasteiger partial charge < -0.3 is 5.32 Å². The standard InChI is InChI=1S/C15H13ClN2O/c16-14-6-7-17-9-13(14)15(19)18-12-5-4-10-2-1-3-11(10)8-12/h4-9H,1-3H2,(H,18,19). The molecule has 1 aromatic heterocycles. The summed E-state index contributed by atoms with van der Waals surface area (Å²) in [6.07, 6.45) is 6.46. The lowest BCUT2D eigenvalue weighted by molar-refractivity contribution is 0.102. The molecule has 0 saturated heterocycles. The van der Waals surface area contributed by atoms with E-state index in [9.17, 15) is 4.79 Å². The number of carbonyl (C=O) groups excluding carboxylic acids is 1. The van der Waals surface area contributed by atoms with Gasteiger partial charge in [-0.05, 0) is 48.6 Å². The van der Waals surface area contributed by atoms with Crippen LogP contribution in [0.1, 0.15) is 27.9 Å². The molecule has 1 aliphatic carbocycles. The number of rotatable bonds is 2. The number of halogens is 1. The van der Waals surface area contributed by atoms with Crippen molar-refractivity contribution < 1.29 is 4.79 Å². The first-order chi connectivity index (χ1) is 9.24. The van der Waals surface area contributed by atoms with E-state index in [0.29, 0.717) is 10.6 Å². The fourth-order valence-electron chi connectivity index (χ4n) is 2.39. The van der Waals surface area contributed by atoms with Gasteiger partial charge >= 0.3 is 0 Å². The molecule has 0 bridgehead atoms. The van der Waals surface area contributed by atoms with Gasteiger partial charge in [-0.3, -0.25) is 9.78 Å². The molecular formula is C15H13ClN2O. The molecule has 3 nitrogen and oxygen atoms in total. The summed E-state index contributed by atoms with van der Waals surface area (Å²) < 4.78 is 0. The molecule has 0 aliphatic heterocycles. The highest BCUT2D eigenvalue weighted by Crippen LogP contribution is 2.25. The van der Waals surface area contributed by atoms with Crippen molar-refractivity contribution in [1.82, 2.24) is 4.98 Å². The number of amides is 1. The Balaban J connectivity index is 1.82. The van der Waals surface area contributed by atoms with Crippen LogP contribution in [0.25, 0.3) is 0 Å². The molecule has 1 heterocycles. The Labute approximate surface area is 116 Å². The summed E-state index contributed by atoms with van der Waals surface area (Å²) >= 11 is 5.98. The summed E-state index contributed by atoms with van der Waals surface area (Å²) in [5, 5.41) is 3.28. The van der Waals surface area contributed by atoms with Crippen LogP contribution in [0.3, 0.4) is 0 Å². The van der Waals surface area contributed by atoms with Gasteiger partial charge in [-0.1, -0.05) is 17.7 Å². The zero-order valence-corrected chi connectivity index (χ0v) is 11.1. The summed E-state index contributed by atoms with van der Waals surface area (Å²) in [5.41, 5.74) is 3.92. The maximum Gasteiger partial charge on any atom is 0.258 e. The topological polar surface area (TPSA) is 42.0 Å². The Bertz CT molecular complexity index is 640. The number of fused-ring (bicyclic) bond motifs is 1. The molecule has 0 fully saturated rings. The highest BCUT2D eigenvalue weighted by molar-refractivity contribution is 6.34.